The number of halogens is 3. The molecule has 1 N–H and O–H groups in total. The minimum absolute atomic E-state index is 0.157. The summed E-state index contributed by atoms with van der Waals surface area (Å²) in [5, 5.41) is 4.40. The lowest BCUT2D eigenvalue weighted by atomic mass is 9.98. The van der Waals surface area contributed by atoms with Crippen molar-refractivity contribution in [3.05, 3.63) is 71.3 Å². The lowest BCUT2D eigenvalue weighted by Crippen LogP contribution is -2.06. The Kier molecular flexibility index (Phi) is 4.34. The van der Waals surface area contributed by atoms with Gasteiger partial charge >= 0.3 is 6.18 Å². The Bertz CT molecular complexity index is 1120. The molecule has 0 saturated carbocycles. The van der Waals surface area contributed by atoms with Crippen LogP contribution in [0.2, 0.25) is 0 Å². The largest absolute Gasteiger partial charge is 0.493 e. The number of alkyl halides is 3. The van der Waals surface area contributed by atoms with Gasteiger partial charge in [-0.05, 0) is 42.0 Å². The van der Waals surface area contributed by atoms with Crippen LogP contribution in [0.5, 0.6) is 5.75 Å². The topological polar surface area (TPSA) is 38.3 Å². The lowest BCUT2D eigenvalue weighted by Gasteiger charge is -2.11. The second-order valence-electron chi connectivity index (χ2n) is 6.40. The van der Waals surface area contributed by atoms with Gasteiger partial charge in [0.25, 0.3) is 5.91 Å². The Morgan fingerprint density at radius 1 is 1.07 bits per heavy atom. The Labute approximate surface area is 159 Å². The number of carbonyl (C=O) groups excluding carboxylic acids is 1. The molecular formula is C22H16F3NO2. The number of anilines is 1. The number of nitrogens with one attached hydrogen (secondary N) is 1. The second kappa shape index (κ2) is 6.71. The van der Waals surface area contributed by atoms with Crippen molar-refractivity contribution in [3.8, 4) is 5.75 Å². The summed E-state index contributed by atoms with van der Waals surface area (Å²) < 4.78 is 44.6. The van der Waals surface area contributed by atoms with E-state index in [9.17, 15) is 18.0 Å². The molecule has 28 heavy (non-hydrogen) atoms. The maximum atomic E-state index is 13.0. The highest BCUT2D eigenvalue weighted by Crippen LogP contribution is 2.40. The lowest BCUT2D eigenvalue weighted by molar-refractivity contribution is -0.137. The average Bonchev–Trinajstić information content (AvgIpc) is 2.97. The zero-order valence-corrected chi connectivity index (χ0v) is 14.9. The van der Waals surface area contributed by atoms with E-state index in [2.05, 4.69) is 5.32 Å². The number of benzene rings is 3. The minimum atomic E-state index is -4.47. The van der Waals surface area contributed by atoms with Crippen LogP contribution in [-0.2, 0) is 11.0 Å². The van der Waals surface area contributed by atoms with E-state index < -0.39 is 17.6 Å². The van der Waals surface area contributed by atoms with E-state index in [1.807, 2.05) is 43.3 Å². The van der Waals surface area contributed by atoms with Crippen molar-refractivity contribution in [2.45, 2.75) is 13.1 Å². The summed E-state index contributed by atoms with van der Waals surface area (Å²) in [7, 11) is 0. The summed E-state index contributed by atoms with van der Waals surface area (Å²) in [4.78, 5) is 12.5. The molecule has 3 aromatic carbocycles. The molecule has 0 radical (unpaired) electrons. The summed E-state index contributed by atoms with van der Waals surface area (Å²) in [6.07, 6.45) is -2.79. The van der Waals surface area contributed by atoms with E-state index >= 15 is 0 Å². The third-order valence-electron chi connectivity index (χ3n) is 4.65. The van der Waals surface area contributed by atoms with Gasteiger partial charge in [0, 0.05) is 22.4 Å². The van der Waals surface area contributed by atoms with Crippen molar-refractivity contribution in [1.29, 1.82) is 0 Å². The second-order valence-corrected chi connectivity index (χ2v) is 6.40. The molecular weight excluding hydrogens is 367 g/mol. The average molecular weight is 383 g/mol. The van der Waals surface area contributed by atoms with Gasteiger partial charge in [0.2, 0.25) is 0 Å². The van der Waals surface area contributed by atoms with Crippen LogP contribution in [0.3, 0.4) is 0 Å². The van der Waals surface area contributed by atoms with Gasteiger partial charge in [-0.15, -0.1) is 0 Å². The predicted octanol–water partition coefficient (Wildman–Crippen LogP) is 5.75. The fourth-order valence-corrected chi connectivity index (χ4v) is 3.36. The molecule has 1 aliphatic heterocycles. The van der Waals surface area contributed by atoms with E-state index in [4.69, 9.17) is 4.74 Å². The van der Waals surface area contributed by atoms with Crippen LogP contribution in [0.15, 0.2) is 54.6 Å². The highest BCUT2D eigenvalue weighted by Gasteiger charge is 2.33. The summed E-state index contributed by atoms with van der Waals surface area (Å²) in [6, 6.07) is 14.7. The number of ether oxygens (including phenoxy) is 1. The zero-order valence-electron chi connectivity index (χ0n) is 14.9. The Morgan fingerprint density at radius 3 is 2.61 bits per heavy atom. The molecule has 0 fully saturated rings. The van der Waals surface area contributed by atoms with Crippen LogP contribution in [0, 0.1) is 0 Å². The molecule has 0 aromatic heterocycles. The third-order valence-corrected chi connectivity index (χ3v) is 4.65. The monoisotopic (exact) mass is 383 g/mol. The summed E-state index contributed by atoms with van der Waals surface area (Å²) >= 11 is 0. The molecule has 0 saturated heterocycles. The zero-order chi connectivity index (χ0) is 19.9. The van der Waals surface area contributed by atoms with E-state index in [0.717, 1.165) is 28.5 Å². The van der Waals surface area contributed by atoms with Gasteiger partial charge in [-0.2, -0.15) is 13.2 Å². The van der Waals surface area contributed by atoms with E-state index in [1.165, 1.54) is 6.07 Å². The first-order valence-electron chi connectivity index (χ1n) is 8.77. The first-order valence-corrected chi connectivity index (χ1v) is 8.77. The number of carbonyl (C=O) groups is 1. The smallest absolute Gasteiger partial charge is 0.416 e. The highest BCUT2D eigenvalue weighted by atomic mass is 19.4. The molecule has 0 spiro atoms. The summed E-state index contributed by atoms with van der Waals surface area (Å²) in [5.41, 5.74) is 0.824. The Morgan fingerprint density at radius 2 is 1.86 bits per heavy atom. The standard InChI is InChI=1S/C22H16F3NO2/c1-2-28-20-10-7-13-5-3-4-6-15(13)17(20)12-18-16-9-8-14(22(23,24)25)11-19(16)26-21(18)27/h3-12H,2H2,1H3,(H,26,27)/b18-12+. The molecule has 0 bridgehead atoms. The van der Waals surface area contributed by atoms with Gasteiger partial charge in [0.05, 0.1) is 12.2 Å². The first-order chi connectivity index (χ1) is 13.4. The van der Waals surface area contributed by atoms with Crippen LogP contribution in [0.4, 0.5) is 18.9 Å². The Hall–Kier alpha value is -3.28. The molecule has 4 rings (SSSR count). The molecule has 1 heterocycles. The first kappa shape index (κ1) is 18.1. The van der Waals surface area contributed by atoms with Crippen molar-refractivity contribution in [3.63, 3.8) is 0 Å². The van der Waals surface area contributed by atoms with Gasteiger partial charge < -0.3 is 10.1 Å². The van der Waals surface area contributed by atoms with Crippen LogP contribution in [0.1, 0.15) is 23.6 Å². The van der Waals surface area contributed by atoms with E-state index in [-0.39, 0.29) is 5.69 Å². The van der Waals surface area contributed by atoms with Crippen molar-refractivity contribution in [2.75, 3.05) is 11.9 Å². The minimum Gasteiger partial charge on any atom is -0.493 e. The van der Waals surface area contributed by atoms with Crippen LogP contribution in [0.25, 0.3) is 22.4 Å². The van der Waals surface area contributed by atoms with Crippen molar-refractivity contribution in [1.82, 2.24) is 0 Å². The van der Waals surface area contributed by atoms with E-state index in [1.54, 1.807) is 6.08 Å². The van der Waals surface area contributed by atoms with Gasteiger partial charge in [-0.25, -0.2) is 0 Å². The van der Waals surface area contributed by atoms with Gasteiger partial charge in [0.15, 0.2) is 0 Å². The van der Waals surface area contributed by atoms with Crippen molar-refractivity contribution in [2.24, 2.45) is 0 Å². The number of hydrogen-bond donors (Lipinski definition) is 1. The number of hydrogen-bond acceptors (Lipinski definition) is 2. The molecule has 1 amide bonds. The molecule has 3 aromatic rings. The molecule has 3 nitrogen and oxygen atoms in total. The number of fused-ring (bicyclic) bond motifs is 2. The van der Waals surface area contributed by atoms with Gasteiger partial charge in [0.1, 0.15) is 5.75 Å². The number of amides is 1. The summed E-state index contributed by atoms with van der Waals surface area (Å²) in [5.74, 6) is 0.173. The Balaban J connectivity index is 1.89. The summed E-state index contributed by atoms with van der Waals surface area (Å²) in [6.45, 7) is 2.31. The maximum absolute atomic E-state index is 13.0. The van der Waals surface area contributed by atoms with Gasteiger partial charge in [-0.3, -0.25) is 4.79 Å². The van der Waals surface area contributed by atoms with Crippen molar-refractivity contribution < 1.29 is 22.7 Å². The third kappa shape index (κ3) is 3.11. The molecule has 0 aliphatic carbocycles. The number of rotatable bonds is 3. The predicted molar refractivity (Wildman–Crippen MR) is 103 cm³/mol. The van der Waals surface area contributed by atoms with Crippen molar-refractivity contribution >= 4 is 34.0 Å². The molecule has 6 heteroatoms. The molecule has 0 atom stereocenters. The highest BCUT2D eigenvalue weighted by molar-refractivity contribution is 6.35. The van der Waals surface area contributed by atoms with Crippen LogP contribution < -0.4 is 10.1 Å². The molecule has 142 valence electrons. The van der Waals surface area contributed by atoms with E-state index in [0.29, 0.717) is 23.5 Å². The quantitative estimate of drug-likeness (QED) is 0.585. The van der Waals surface area contributed by atoms with Crippen LogP contribution >= 0.6 is 0 Å². The maximum Gasteiger partial charge on any atom is 0.416 e. The molecule has 0 unspecified atom stereocenters. The van der Waals surface area contributed by atoms with Gasteiger partial charge in [-0.1, -0.05) is 36.4 Å². The van der Waals surface area contributed by atoms with Crippen LogP contribution in [-0.4, -0.2) is 12.5 Å². The fraction of sp³-hybridized carbons (Fsp3) is 0.136. The fourth-order valence-electron chi connectivity index (χ4n) is 3.36. The normalized spacial score (nSPS) is 15.0. The SMILES string of the molecule is CCOc1ccc2ccccc2c1/C=C1/C(=O)Nc2cc(C(F)(F)F)ccc21. The molecule has 1 aliphatic rings.